The lowest BCUT2D eigenvalue weighted by molar-refractivity contribution is 0.572. The molecule has 1 atom stereocenters. The van der Waals surface area contributed by atoms with Crippen molar-refractivity contribution in [2.24, 2.45) is 5.92 Å². The number of benzene rings is 1. The van der Waals surface area contributed by atoms with Gasteiger partial charge in [0.15, 0.2) is 0 Å². The molecular formula is C13H19ClS. The molecule has 0 aliphatic rings. The van der Waals surface area contributed by atoms with Crippen LogP contribution < -0.4 is 0 Å². The Morgan fingerprint density at radius 1 is 1.27 bits per heavy atom. The summed E-state index contributed by atoms with van der Waals surface area (Å²) in [6, 6.07) is 8.78. The van der Waals surface area contributed by atoms with Crippen LogP contribution in [0.2, 0.25) is 0 Å². The van der Waals surface area contributed by atoms with Crippen LogP contribution in [0.3, 0.4) is 0 Å². The molecule has 1 aromatic carbocycles. The van der Waals surface area contributed by atoms with Crippen molar-refractivity contribution in [2.75, 3.05) is 17.9 Å². The molecule has 0 aliphatic carbocycles. The van der Waals surface area contributed by atoms with E-state index in [1.165, 1.54) is 23.3 Å². The van der Waals surface area contributed by atoms with Crippen LogP contribution in [0.15, 0.2) is 24.3 Å². The van der Waals surface area contributed by atoms with Gasteiger partial charge >= 0.3 is 0 Å². The molecule has 0 bridgehead atoms. The molecule has 15 heavy (non-hydrogen) atoms. The van der Waals surface area contributed by atoms with Gasteiger partial charge in [0.2, 0.25) is 0 Å². The van der Waals surface area contributed by atoms with Gasteiger partial charge in [0.05, 0.1) is 0 Å². The summed E-state index contributed by atoms with van der Waals surface area (Å²) >= 11 is 7.87. The third-order valence-electron chi connectivity index (χ3n) is 2.59. The van der Waals surface area contributed by atoms with Crippen molar-refractivity contribution in [2.45, 2.75) is 19.8 Å². The lowest BCUT2D eigenvalue weighted by Crippen LogP contribution is -2.07. The Bertz CT molecular complexity index is 268. The van der Waals surface area contributed by atoms with Gasteiger partial charge < -0.3 is 0 Å². The Labute approximate surface area is 102 Å². The first-order valence-corrected chi connectivity index (χ1v) is 7.29. The van der Waals surface area contributed by atoms with E-state index in [9.17, 15) is 0 Å². The Balaban J connectivity index is 2.47. The molecule has 1 aromatic rings. The largest absolute Gasteiger partial charge is 0.165 e. The Kier molecular flexibility index (Phi) is 6.19. The molecule has 0 aliphatic heterocycles. The zero-order valence-electron chi connectivity index (χ0n) is 9.50. The van der Waals surface area contributed by atoms with Crippen LogP contribution in [-0.2, 0) is 6.42 Å². The summed E-state index contributed by atoms with van der Waals surface area (Å²) in [6.07, 6.45) is 4.49. The molecule has 0 aromatic heterocycles. The normalized spacial score (nSPS) is 12.7. The molecule has 1 rings (SSSR count). The second-order valence-corrected chi connectivity index (χ2v) is 5.29. The standard InChI is InChI=1S/C13H19ClS/c1-11-3-5-12(6-4-11)9-13(10-14)7-8-15-2/h3-6,13H,7-10H2,1-2H3. The van der Waals surface area contributed by atoms with Crippen molar-refractivity contribution >= 4 is 23.4 Å². The van der Waals surface area contributed by atoms with Crippen LogP contribution in [-0.4, -0.2) is 17.9 Å². The van der Waals surface area contributed by atoms with Crippen LogP contribution in [0.25, 0.3) is 0 Å². The van der Waals surface area contributed by atoms with Crippen molar-refractivity contribution < 1.29 is 0 Å². The third-order valence-corrected chi connectivity index (χ3v) is 3.67. The zero-order valence-corrected chi connectivity index (χ0v) is 11.1. The predicted molar refractivity (Wildman–Crippen MR) is 72.1 cm³/mol. The molecule has 0 saturated carbocycles. The summed E-state index contributed by atoms with van der Waals surface area (Å²) in [6.45, 7) is 2.12. The second kappa shape index (κ2) is 7.19. The van der Waals surface area contributed by atoms with Crippen molar-refractivity contribution in [3.63, 3.8) is 0 Å². The average Bonchev–Trinajstić information content (AvgIpc) is 2.27. The fraction of sp³-hybridized carbons (Fsp3) is 0.538. The van der Waals surface area contributed by atoms with Gasteiger partial charge in [0.25, 0.3) is 0 Å². The van der Waals surface area contributed by atoms with E-state index in [-0.39, 0.29) is 0 Å². The fourth-order valence-corrected chi connectivity index (χ4v) is 2.41. The number of aryl methyl sites for hydroxylation is 1. The van der Waals surface area contributed by atoms with Crippen molar-refractivity contribution in [1.29, 1.82) is 0 Å². The zero-order chi connectivity index (χ0) is 11.1. The first-order valence-electron chi connectivity index (χ1n) is 5.36. The summed E-state index contributed by atoms with van der Waals surface area (Å²) in [5.41, 5.74) is 2.73. The minimum atomic E-state index is 0.627. The topological polar surface area (TPSA) is 0 Å². The highest BCUT2D eigenvalue weighted by Gasteiger charge is 2.07. The van der Waals surface area contributed by atoms with E-state index in [1.54, 1.807) is 0 Å². The van der Waals surface area contributed by atoms with E-state index in [0.29, 0.717) is 5.92 Å². The number of halogens is 1. The monoisotopic (exact) mass is 242 g/mol. The SMILES string of the molecule is CSCCC(CCl)Cc1ccc(C)cc1. The number of rotatable bonds is 6. The van der Waals surface area contributed by atoms with Crippen LogP contribution >= 0.6 is 23.4 Å². The Morgan fingerprint density at radius 3 is 2.47 bits per heavy atom. The van der Waals surface area contributed by atoms with Crippen molar-refractivity contribution in [3.8, 4) is 0 Å². The molecule has 0 N–H and O–H groups in total. The Morgan fingerprint density at radius 2 is 1.93 bits per heavy atom. The van der Waals surface area contributed by atoms with E-state index >= 15 is 0 Å². The molecule has 0 saturated heterocycles. The third kappa shape index (κ3) is 4.94. The summed E-state index contributed by atoms with van der Waals surface area (Å²) in [5, 5.41) is 0. The molecular weight excluding hydrogens is 224 g/mol. The summed E-state index contributed by atoms with van der Waals surface area (Å²) in [4.78, 5) is 0. The first-order chi connectivity index (χ1) is 7.26. The van der Waals surface area contributed by atoms with Gasteiger partial charge in [-0.2, -0.15) is 11.8 Å². The van der Waals surface area contributed by atoms with Crippen LogP contribution in [0.4, 0.5) is 0 Å². The maximum atomic E-state index is 5.98. The highest BCUT2D eigenvalue weighted by molar-refractivity contribution is 7.98. The maximum Gasteiger partial charge on any atom is 0.0255 e. The van der Waals surface area contributed by atoms with Gasteiger partial charge in [-0.05, 0) is 43.3 Å². The van der Waals surface area contributed by atoms with E-state index in [0.717, 1.165) is 12.3 Å². The van der Waals surface area contributed by atoms with E-state index in [1.807, 2.05) is 11.8 Å². The highest BCUT2D eigenvalue weighted by atomic mass is 35.5. The van der Waals surface area contributed by atoms with Crippen molar-refractivity contribution in [1.82, 2.24) is 0 Å². The minimum absolute atomic E-state index is 0.627. The number of hydrogen-bond donors (Lipinski definition) is 0. The number of alkyl halides is 1. The molecule has 1 unspecified atom stereocenters. The smallest absolute Gasteiger partial charge is 0.0255 e. The molecule has 84 valence electrons. The number of hydrogen-bond acceptors (Lipinski definition) is 1. The number of thioether (sulfide) groups is 1. The van der Waals surface area contributed by atoms with Gasteiger partial charge in [0, 0.05) is 5.88 Å². The van der Waals surface area contributed by atoms with Gasteiger partial charge in [-0.3, -0.25) is 0 Å². The molecule has 0 spiro atoms. The predicted octanol–water partition coefficient (Wildman–Crippen LogP) is 4.15. The highest BCUT2D eigenvalue weighted by Crippen LogP contribution is 2.16. The van der Waals surface area contributed by atoms with Gasteiger partial charge in [-0.15, -0.1) is 11.6 Å². The molecule has 0 radical (unpaired) electrons. The average molecular weight is 243 g/mol. The fourth-order valence-electron chi connectivity index (χ4n) is 1.58. The quantitative estimate of drug-likeness (QED) is 0.676. The summed E-state index contributed by atoms with van der Waals surface area (Å²) in [7, 11) is 0. The van der Waals surface area contributed by atoms with Crippen LogP contribution in [0, 0.1) is 12.8 Å². The van der Waals surface area contributed by atoms with E-state index in [4.69, 9.17) is 11.6 Å². The lowest BCUT2D eigenvalue weighted by atomic mass is 9.98. The molecule has 2 heteroatoms. The van der Waals surface area contributed by atoms with Crippen LogP contribution in [0.5, 0.6) is 0 Å². The molecule has 0 fully saturated rings. The summed E-state index contributed by atoms with van der Waals surface area (Å²) in [5.74, 6) is 2.61. The summed E-state index contributed by atoms with van der Waals surface area (Å²) < 4.78 is 0. The molecule has 0 heterocycles. The molecule has 0 nitrogen and oxygen atoms in total. The van der Waals surface area contributed by atoms with Gasteiger partial charge in [0.1, 0.15) is 0 Å². The minimum Gasteiger partial charge on any atom is -0.165 e. The van der Waals surface area contributed by atoms with E-state index < -0.39 is 0 Å². The lowest BCUT2D eigenvalue weighted by Gasteiger charge is -2.13. The van der Waals surface area contributed by atoms with Gasteiger partial charge in [-0.1, -0.05) is 29.8 Å². The second-order valence-electron chi connectivity index (χ2n) is 3.99. The maximum absolute atomic E-state index is 5.98. The van der Waals surface area contributed by atoms with Crippen molar-refractivity contribution in [3.05, 3.63) is 35.4 Å². The van der Waals surface area contributed by atoms with Gasteiger partial charge in [-0.25, -0.2) is 0 Å². The molecule has 0 amide bonds. The van der Waals surface area contributed by atoms with Crippen LogP contribution in [0.1, 0.15) is 17.5 Å². The van der Waals surface area contributed by atoms with E-state index in [2.05, 4.69) is 37.4 Å². The first kappa shape index (κ1) is 12.9. The Hall–Kier alpha value is -0.140.